The highest BCUT2D eigenvalue weighted by molar-refractivity contribution is 7.18. The van der Waals surface area contributed by atoms with Crippen molar-refractivity contribution in [3.05, 3.63) is 10.0 Å². The summed E-state index contributed by atoms with van der Waals surface area (Å²) in [6.45, 7) is 0.0533. The first-order valence-corrected chi connectivity index (χ1v) is 6.43. The number of aliphatic hydroxyl groups excluding tert-OH is 1. The van der Waals surface area contributed by atoms with Crippen LogP contribution in [0.1, 0.15) is 28.9 Å². The van der Waals surface area contributed by atoms with Crippen molar-refractivity contribution in [1.82, 2.24) is 4.98 Å². The molecule has 2 N–H and O–H groups in total. The zero-order valence-electron chi connectivity index (χ0n) is 9.33. The maximum Gasteiger partial charge on any atom is 0.351 e. The number of nitrogens with zero attached hydrogens (tertiary/aromatic N) is 1. The maximum absolute atomic E-state index is 11.4. The molecule has 0 amide bonds. The Kier molecular flexibility index (Phi) is 3.56. The molecular formula is C10H13ClN2O3S. The van der Waals surface area contributed by atoms with Crippen LogP contribution in [-0.2, 0) is 4.74 Å². The van der Waals surface area contributed by atoms with E-state index >= 15 is 0 Å². The van der Waals surface area contributed by atoms with Crippen molar-refractivity contribution in [2.24, 2.45) is 0 Å². The van der Waals surface area contributed by atoms with Crippen molar-refractivity contribution in [1.29, 1.82) is 0 Å². The van der Waals surface area contributed by atoms with Crippen LogP contribution in [0.3, 0.4) is 0 Å². The third kappa shape index (κ3) is 2.38. The van der Waals surface area contributed by atoms with Crippen molar-refractivity contribution < 1.29 is 14.6 Å². The third-order valence-corrected chi connectivity index (χ3v) is 4.28. The number of aromatic nitrogens is 1. The van der Waals surface area contributed by atoms with E-state index in [1.165, 1.54) is 7.11 Å². The van der Waals surface area contributed by atoms with Crippen molar-refractivity contribution >= 4 is 34.0 Å². The second-order valence-corrected chi connectivity index (χ2v) is 5.40. The van der Waals surface area contributed by atoms with Crippen LogP contribution in [0.15, 0.2) is 0 Å². The van der Waals surface area contributed by atoms with Gasteiger partial charge in [-0.3, -0.25) is 0 Å². The van der Waals surface area contributed by atoms with Crippen LogP contribution in [0.5, 0.6) is 0 Å². The molecule has 0 unspecified atom stereocenters. The number of anilines is 1. The molecule has 0 bridgehead atoms. The number of aliphatic hydroxyl groups is 1. The molecule has 1 aliphatic carbocycles. The quantitative estimate of drug-likeness (QED) is 0.822. The van der Waals surface area contributed by atoms with Crippen LogP contribution >= 0.6 is 22.9 Å². The average molecular weight is 277 g/mol. The summed E-state index contributed by atoms with van der Waals surface area (Å²) in [5, 5.41) is 13.1. The van der Waals surface area contributed by atoms with Gasteiger partial charge in [-0.15, -0.1) is 0 Å². The Bertz CT molecular complexity index is 426. The zero-order chi connectivity index (χ0) is 12.5. The van der Waals surface area contributed by atoms with Gasteiger partial charge in [-0.2, -0.15) is 0 Å². The largest absolute Gasteiger partial charge is 0.465 e. The fourth-order valence-electron chi connectivity index (χ4n) is 1.73. The topological polar surface area (TPSA) is 71.5 Å². The SMILES string of the molecule is COC(=O)c1sc(NC2(CO)CCC2)nc1Cl. The molecule has 0 atom stereocenters. The van der Waals surface area contributed by atoms with E-state index in [0.717, 1.165) is 30.6 Å². The zero-order valence-corrected chi connectivity index (χ0v) is 10.9. The standard InChI is InChI=1S/C10H13ClN2O3S/c1-16-8(15)6-7(11)12-9(17-6)13-10(5-14)3-2-4-10/h14H,2-5H2,1H3,(H,12,13). The number of hydrogen-bond donors (Lipinski definition) is 2. The Morgan fingerprint density at radius 1 is 1.71 bits per heavy atom. The fraction of sp³-hybridized carbons (Fsp3) is 0.600. The molecule has 0 saturated heterocycles. The van der Waals surface area contributed by atoms with Gasteiger partial charge in [0.25, 0.3) is 0 Å². The predicted molar refractivity (Wildman–Crippen MR) is 65.8 cm³/mol. The van der Waals surface area contributed by atoms with Crippen LogP contribution in [0.2, 0.25) is 5.15 Å². The van der Waals surface area contributed by atoms with Crippen LogP contribution in [0, 0.1) is 0 Å². The van der Waals surface area contributed by atoms with E-state index in [1.807, 2.05) is 0 Å². The highest BCUT2D eigenvalue weighted by atomic mass is 35.5. The molecule has 0 radical (unpaired) electrons. The summed E-state index contributed by atoms with van der Waals surface area (Å²) >= 11 is 6.99. The molecule has 1 aromatic rings. The van der Waals surface area contributed by atoms with Gasteiger partial charge in [-0.05, 0) is 19.3 Å². The fourth-order valence-corrected chi connectivity index (χ4v) is 2.95. The number of nitrogens with one attached hydrogen (secondary N) is 1. The number of halogens is 1. The molecule has 5 nitrogen and oxygen atoms in total. The van der Waals surface area contributed by atoms with Crippen molar-refractivity contribution in [2.75, 3.05) is 19.0 Å². The average Bonchev–Trinajstić information content (AvgIpc) is 2.64. The third-order valence-electron chi connectivity index (χ3n) is 2.94. The number of ether oxygens (including phenoxy) is 1. The lowest BCUT2D eigenvalue weighted by atomic mass is 9.77. The second-order valence-electron chi connectivity index (χ2n) is 4.05. The lowest BCUT2D eigenvalue weighted by molar-refractivity contribution is 0.0606. The molecule has 0 aliphatic heterocycles. The molecule has 0 spiro atoms. The van der Waals surface area contributed by atoms with Gasteiger partial charge < -0.3 is 15.2 Å². The highest BCUT2D eigenvalue weighted by Crippen LogP contribution is 2.37. The van der Waals surface area contributed by atoms with Crippen molar-refractivity contribution in [3.63, 3.8) is 0 Å². The number of carbonyl (C=O) groups is 1. The van der Waals surface area contributed by atoms with E-state index in [-0.39, 0.29) is 22.2 Å². The van der Waals surface area contributed by atoms with Gasteiger partial charge in [0.05, 0.1) is 19.3 Å². The van der Waals surface area contributed by atoms with E-state index < -0.39 is 5.97 Å². The maximum atomic E-state index is 11.4. The van der Waals surface area contributed by atoms with Crippen LogP contribution in [0.25, 0.3) is 0 Å². The van der Waals surface area contributed by atoms with Gasteiger partial charge >= 0.3 is 5.97 Å². The van der Waals surface area contributed by atoms with E-state index in [9.17, 15) is 9.90 Å². The Morgan fingerprint density at radius 3 is 2.88 bits per heavy atom. The summed E-state index contributed by atoms with van der Waals surface area (Å²) in [6.07, 6.45) is 2.87. The first-order chi connectivity index (χ1) is 8.10. The van der Waals surface area contributed by atoms with Gasteiger partial charge in [0, 0.05) is 0 Å². The smallest absolute Gasteiger partial charge is 0.351 e. The number of esters is 1. The number of methoxy groups -OCH3 is 1. The molecule has 1 fully saturated rings. The van der Waals surface area contributed by atoms with Gasteiger partial charge in [0.1, 0.15) is 0 Å². The minimum absolute atomic E-state index is 0.0533. The summed E-state index contributed by atoms with van der Waals surface area (Å²) in [5.41, 5.74) is -0.297. The molecule has 17 heavy (non-hydrogen) atoms. The second kappa shape index (κ2) is 4.80. The first-order valence-electron chi connectivity index (χ1n) is 5.24. The van der Waals surface area contributed by atoms with Crippen LogP contribution < -0.4 is 5.32 Å². The number of rotatable bonds is 4. The monoisotopic (exact) mass is 276 g/mol. The van der Waals surface area contributed by atoms with Gasteiger partial charge in [0.15, 0.2) is 15.2 Å². The molecule has 2 rings (SSSR count). The van der Waals surface area contributed by atoms with Crippen molar-refractivity contribution in [3.8, 4) is 0 Å². The van der Waals surface area contributed by atoms with E-state index in [0.29, 0.717) is 5.13 Å². The van der Waals surface area contributed by atoms with Gasteiger partial charge in [0.2, 0.25) is 0 Å². The van der Waals surface area contributed by atoms with E-state index in [1.54, 1.807) is 0 Å². The number of carbonyl (C=O) groups excluding carboxylic acids is 1. The Labute approximate surface area is 108 Å². The van der Waals surface area contributed by atoms with Crippen LogP contribution in [0.4, 0.5) is 5.13 Å². The summed E-state index contributed by atoms with van der Waals surface area (Å²) in [5.74, 6) is -0.493. The summed E-state index contributed by atoms with van der Waals surface area (Å²) < 4.78 is 4.60. The van der Waals surface area contributed by atoms with E-state index in [4.69, 9.17) is 11.6 Å². The summed E-state index contributed by atoms with van der Waals surface area (Å²) in [4.78, 5) is 15.7. The molecule has 1 heterocycles. The molecule has 94 valence electrons. The molecular weight excluding hydrogens is 264 g/mol. The molecule has 1 saturated carbocycles. The highest BCUT2D eigenvalue weighted by Gasteiger charge is 2.37. The van der Waals surface area contributed by atoms with Crippen molar-refractivity contribution in [2.45, 2.75) is 24.8 Å². The number of thiazole rings is 1. The first kappa shape index (κ1) is 12.6. The normalized spacial score (nSPS) is 17.4. The minimum Gasteiger partial charge on any atom is -0.465 e. The Morgan fingerprint density at radius 2 is 2.41 bits per heavy atom. The molecule has 1 aromatic heterocycles. The predicted octanol–water partition coefficient (Wildman–Crippen LogP) is 1.91. The lowest BCUT2D eigenvalue weighted by Gasteiger charge is -2.40. The Balaban J connectivity index is 2.15. The van der Waals surface area contributed by atoms with E-state index in [2.05, 4.69) is 15.0 Å². The molecule has 1 aliphatic rings. The van der Waals surface area contributed by atoms with Gasteiger partial charge in [-0.1, -0.05) is 22.9 Å². The minimum atomic E-state index is -0.493. The summed E-state index contributed by atoms with van der Waals surface area (Å²) in [7, 11) is 1.30. The molecule has 7 heteroatoms. The summed E-state index contributed by atoms with van der Waals surface area (Å²) in [6, 6.07) is 0. The molecule has 0 aromatic carbocycles. The lowest BCUT2D eigenvalue weighted by Crippen LogP contribution is -2.48. The van der Waals surface area contributed by atoms with Crippen LogP contribution in [-0.4, -0.2) is 35.3 Å². The van der Waals surface area contributed by atoms with Gasteiger partial charge in [-0.25, -0.2) is 9.78 Å². The Hall–Kier alpha value is -0.850. The number of hydrogen-bond acceptors (Lipinski definition) is 6.